The first kappa shape index (κ1) is 21.1. The molecule has 2 aromatic rings. The number of amides is 4. The van der Waals surface area contributed by atoms with E-state index < -0.39 is 35.2 Å². The molecule has 3 aliphatic heterocycles. The van der Waals surface area contributed by atoms with Gasteiger partial charge in [-0.3, -0.25) is 29.4 Å². The number of hydrogen-bond donors (Lipinski definition) is 3. The summed E-state index contributed by atoms with van der Waals surface area (Å²) in [4.78, 5) is 53.4. The maximum absolute atomic E-state index is 13.8. The van der Waals surface area contributed by atoms with Crippen LogP contribution in [0.25, 0.3) is 0 Å². The molecule has 4 atom stereocenters. The second-order valence-electron chi connectivity index (χ2n) is 8.64. The van der Waals surface area contributed by atoms with E-state index in [2.05, 4.69) is 10.6 Å². The van der Waals surface area contributed by atoms with Crippen LogP contribution >= 0.6 is 0 Å². The predicted molar refractivity (Wildman–Crippen MR) is 118 cm³/mol. The van der Waals surface area contributed by atoms with Crippen molar-refractivity contribution in [3.05, 3.63) is 59.7 Å². The third-order valence-electron chi connectivity index (χ3n) is 6.94. The van der Waals surface area contributed by atoms with Crippen molar-refractivity contribution in [1.82, 2.24) is 10.2 Å². The maximum Gasteiger partial charge on any atom is 0.250 e. The van der Waals surface area contributed by atoms with Crippen molar-refractivity contribution >= 4 is 29.3 Å². The molecule has 2 saturated heterocycles. The van der Waals surface area contributed by atoms with Crippen molar-refractivity contribution in [3.8, 4) is 5.75 Å². The van der Waals surface area contributed by atoms with E-state index in [1.807, 2.05) is 12.1 Å². The molecule has 0 radical (unpaired) electrons. The standard InChI is InChI=1S/C24H24N4O5/c1-33-17-9-5-2-6-13(17)12-28-21(30)19-16(10-11-18(25)29)27-24(20(19)22(28)31)14-7-3-4-8-15(14)26-23(24)32/h2-9,16,19-20,27H,10-12H2,1H3,(H2,25,29)(H,26,32)/t16-,19+,20-,24+/m1/s1. The van der Waals surface area contributed by atoms with Crippen LogP contribution in [0, 0.1) is 11.8 Å². The van der Waals surface area contributed by atoms with Crippen LogP contribution in [-0.4, -0.2) is 41.7 Å². The Labute approximate surface area is 190 Å². The molecule has 3 heterocycles. The molecular formula is C24H24N4O5. The summed E-state index contributed by atoms with van der Waals surface area (Å²) in [5.41, 5.74) is 5.90. The Morgan fingerprint density at radius 1 is 1.09 bits per heavy atom. The van der Waals surface area contributed by atoms with E-state index in [9.17, 15) is 19.2 Å². The third-order valence-corrected chi connectivity index (χ3v) is 6.94. The van der Waals surface area contributed by atoms with Gasteiger partial charge in [0.05, 0.1) is 25.5 Å². The summed E-state index contributed by atoms with van der Waals surface area (Å²) in [6.45, 7) is 0.0383. The van der Waals surface area contributed by atoms with Gasteiger partial charge in [0, 0.05) is 29.3 Å². The smallest absolute Gasteiger partial charge is 0.250 e. The minimum Gasteiger partial charge on any atom is -0.496 e. The van der Waals surface area contributed by atoms with Crippen molar-refractivity contribution in [3.63, 3.8) is 0 Å². The number of nitrogens with one attached hydrogen (secondary N) is 2. The lowest BCUT2D eigenvalue weighted by Gasteiger charge is -2.29. The highest BCUT2D eigenvalue weighted by Crippen LogP contribution is 2.53. The number of ether oxygens (including phenoxy) is 1. The summed E-state index contributed by atoms with van der Waals surface area (Å²) in [5, 5.41) is 6.14. The Kier molecular flexibility index (Phi) is 4.93. The second kappa shape index (κ2) is 7.70. The molecule has 2 aromatic carbocycles. The van der Waals surface area contributed by atoms with Crippen LogP contribution in [-0.2, 0) is 31.3 Å². The largest absolute Gasteiger partial charge is 0.496 e. The highest BCUT2D eigenvalue weighted by Gasteiger charge is 2.70. The summed E-state index contributed by atoms with van der Waals surface area (Å²) >= 11 is 0. The molecule has 0 aliphatic carbocycles. The van der Waals surface area contributed by atoms with Crippen LogP contribution in [0.4, 0.5) is 5.69 Å². The lowest BCUT2D eigenvalue weighted by Crippen LogP contribution is -2.53. The Morgan fingerprint density at radius 3 is 2.58 bits per heavy atom. The van der Waals surface area contributed by atoms with Crippen LogP contribution in [0.5, 0.6) is 5.75 Å². The average molecular weight is 448 g/mol. The van der Waals surface area contributed by atoms with E-state index >= 15 is 0 Å². The third kappa shape index (κ3) is 3.03. The van der Waals surface area contributed by atoms with Gasteiger partial charge in [0.1, 0.15) is 11.3 Å². The first-order valence-electron chi connectivity index (χ1n) is 10.8. The van der Waals surface area contributed by atoms with Crippen LogP contribution in [0.3, 0.4) is 0 Å². The monoisotopic (exact) mass is 448 g/mol. The number of nitrogens with zero attached hydrogens (tertiary/aromatic N) is 1. The molecule has 0 saturated carbocycles. The van der Waals surface area contributed by atoms with Crippen molar-refractivity contribution < 1.29 is 23.9 Å². The summed E-state index contributed by atoms with van der Waals surface area (Å²) in [6.07, 6.45) is 0.281. The average Bonchev–Trinajstić information content (AvgIpc) is 3.39. The number of para-hydroxylation sites is 2. The fourth-order valence-electron chi connectivity index (χ4n) is 5.52. The van der Waals surface area contributed by atoms with Crippen LogP contribution < -0.4 is 21.1 Å². The number of nitrogens with two attached hydrogens (primary N) is 1. The van der Waals surface area contributed by atoms with Gasteiger partial charge in [0.15, 0.2) is 0 Å². The van der Waals surface area contributed by atoms with Gasteiger partial charge in [-0.2, -0.15) is 0 Å². The minimum atomic E-state index is -1.38. The molecule has 4 N–H and O–H groups in total. The molecular weight excluding hydrogens is 424 g/mol. The quantitative estimate of drug-likeness (QED) is 0.563. The Balaban J connectivity index is 1.57. The van der Waals surface area contributed by atoms with Crippen LogP contribution in [0.2, 0.25) is 0 Å². The van der Waals surface area contributed by atoms with E-state index in [1.54, 1.807) is 36.4 Å². The lowest BCUT2D eigenvalue weighted by atomic mass is 9.76. The first-order valence-corrected chi connectivity index (χ1v) is 10.8. The van der Waals surface area contributed by atoms with Gasteiger partial charge < -0.3 is 15.8 Å². The van der Waals surface area contributed by atoms with Gasteiger partial charge in [0.25, 0.3) is 0 Å². The number of benzene rings is 2. The normalized spacial score (nSPS) is 27.6. The SMILES string of the molecule is COc1ccccc1CN1C(=O)[C@H]2[C@@H](CCC(N)=O)N[C@]3(C(=O)Nc4ccccc43)[C@H]2C1=O. The van der Waals surface area contributed by atoms with Gasteiger partial charge in [-0.1, -0.05) is 36.4 Å². The number of anilines is 1. The first-order chi connectivity index (χ1) is 15.9. The van der Waals surface area contributed by atoms with Crippen molar-refractivity contribution in [2.75, 3.05) is 12.4 Å². The molecule has 0 aromatic heterocycles. The lowest BCUT2D eigenvalue weighted by molar-refractivity contribution is -0.143. The second-order valence-corrected chi connectivity index (χ2v) is 8.64. The highest BCUT2D eigenvalue weighted by molar-refractivity contribution is 6.15. The fraction of sp³-hybridized carbons (Fsp3) is 0.333. The number of fused-ring (bicyclic) bond motifs is 4. The van der Waals surface area contributed by atoms with Gasteiger partial charge in [0.2, 0.25) is 23.6 Å². The van der Waals surface area contributed by atoms with Crippen molar-refractivity contribution in [2.24, 2.45) is 17.6 Å². The molecule has 1 spiro atoms. The molecule has 33 heavy (non-hydrogen) atoms. The number of carbonyl (C=O) groups is 4. The number of primary amides is 1. The number of likely N-dealkylation sites (tertiary alicyclic amines) is 1. The number of carbonyl (C=O) groups excluding carboxylic acids is 4. The minimum absolute atomic E-state index is 0.0359. The van der Waals surface area contributed by atoms with Crippen LogP contribution in [0.1, 0.15) is 24.0 Å². The molecule has 9 nitrogen and oxygen atoms in total. The molecule has 2 fully saturated rings. The Hall–Kier alpha value is -3.72. The molecule has 0 unspecified atom stereocenters. The highest BCUT2D eigenvalue weighted by atomic mass is 16.5. The van der Waals surface area contributed by atoms with E-state index in [0.717, 1.165) is 0 Å². The topological polar surface area (TPSA) is 131 Å². The molecule has 3 aliphatic rings. The van der Waals surface area contributed by atoms with Gasteiger partial charge >= 0.3 is 0 Å². The van der Waals surface area contributed by atoms with Gasteiger partial charge in [-0.15, -0.1) is 0 Å². The van der Waals surface area contributed by atoms with E-state index in [1.165, 1.54) is 12.0 Å². The van der Waals surface area contributed by atoms with Crippen molar-refractivity contribution in [1.29, 1.82) is 0 Å². The van der Waals surface area contributed by atoms with E-state index in [4.69, 9.17) is 10.5 Å². The van der Waals surface area contributed by atoms with E-state index in [-0.39, 0.29) is 31.2 Å². The number of methoxy groups -OCH3 is 1. The summed E-state index contributed by atoms with van der Waals surface area (Å²) < 4.78 is 5.39. The summed E-state index contributed by atoms with van der Waals surface area (Å²) in [7, 11) is 1.53. The van der Waals surface area contributed by atoms with E-state index in [0.29, 0.717) is 22.6 Å². The molecule has 170 valence electrons. The summed E-state index contributed by atoms with van der Waals surface area (Å²) in [5.74, 6) is -2.82. The predicted octanol–water partition coefficient (Wildman–Crippen LogP) is 0.881. The number of rotatable bonds is 6. The number of hydrogen-bond acceptors (Lipinski definition) is 6. The maximum atomic E-state index is 13.8. The number of imide groups is 1. The zero-order valence-electron chi connectivity index (χ0n) is 18.0. The van der Waals surface area contributed by atoms with Crippen LogP contribution in [0.15, 0.2) is 48.5 Å². The molecule has 4 amide bonds. The van der Waals surface area contributed by atoms with Gasteiger partial charge in [-0.25, -0.2) is 0 Å². The Bertz CT molecular complexity index is 1180. The Morgan fingerprint density at radius 2 is 1.82 bits per heavy atom. The van der Waals surface area contributed by atoms with Crippen molar-refractivity contribution in [2.45, 2.75) is 31.0 Å². The zero-order chi connectivity index (χ0) is 23.3. The zero-order valence-corrected chi connectivity index (χ0v) is 18.0. The fourth-order valence-corrected chi connectivity index (χ4v) is 5.52. The molecule has 0 bridgehead atoms. The molecule has 5 rings (SSSR count). The molecule has 9 heteroatoms. The van der Waals surface area contributed by atoms with Gasteiger partial charge in [-0.05, 0) is 18.6 Å². The summed E-state index contributed by atoms with van der Waals surface area (Å²) in [6, 6.07) is 13.8.